The molecule has 0 saturated carbocycles. The van der Waals surface area contributed by atoms with E-state index in [9.17, 15) is 13.2 Å². The van der Waals surface area contributed by atoms with Crippen LogP contribution in [0.2, 0.25) is 0 Å². The number of likely N-dealkylation sites (tertiary alicyclic amines) is 1. The number of sulfonamides is 1. The summed E-state index contributed by atoms with van der Waals surface area (Å²) in [7, 11) is -3.70. The lowest BCUT2D eigenvalue weighted by molar-refractivity contribution is -0.119. The summed E-state index contributed by atoms with van der Waals surface area (Å²) in [6.07, 6.45) is 1.48. The second-order valence-corrected chi connectivity index (χ2v) is 8.55. The second-order valence-electron chi connectivity index (χ2n) is 6.97. The van der Waals surface area contributed by atoms with Gasteiger partial charge in [0.1, 0.15) is 10.9 Å². The van der Waals surface area contributed by atoms with Crippen molar-refractivity contribution in [3.05, 3.63) is 59.2 Å². The van der Waals surface area contributed by atoms with Crippen LogP contribution in [0.15, 0.2) is 51.8 Å². The molecule has 4 rings (SSSR count). The first kappa shape index (κ1) is 17.7. The van der Waals surface area contributed by atoms with Gasteiger partial charge in [0.05, 0.1) is 0 Å². The Balaban J connectivity index is 1.64. The summed E-state index contributed by atoms with van der Waals surface area (Å²) < 4.78 is 28.7. The van der Waals surface area contributed by atoms with Gasteiger partial charge in [-0.3, -0.25) is 4.79 Å². The third-order valence-electron chi connectivity index (χ3n) is 5.30. The molecule has 0 bridgehead atoms. The normalized spacial score (nSPS) is 20.3. The molecule has 2 aliphatic heterocycles. The van der Waals surface area contributed by atoms with Gasteiger partial charge in [-0.15, -0.1) is 4.40 Å². The van der Waals surface area contributed by atoms with Gasteiger partial charge < -0.3 is 10.2 Å². The molecule has 0 unspecified atom stereocenters. The van der Waals surface area contributed by atoms with E-state index in [0.29, 0.717) is 24.4 Å². The number of rotatable bonds is 2. The third-order valence-corrected chi connectivity index (χ3v) is 6.63. The van der Waals surface area contributed by atoms with Crippen molar-refractivity contribution in [1.82, 2.24) is 4.90 Å². The molecule has 1 fully saturated rings. The number of amidine groups is 1. The summed E-state index contributed by atoms with van der Waals surface area (Å²) in [5.74, 6) is 0.245. The minimum atomic E-state index is -3.70. The molecule has 1 amide bonds. The molecular weight excluding hydrogens is 362 g/mol. The van der Waals surface area contributed by atoms with Gasteiger partial charge in [0.25, 0.3) is 10.0 Å². The summed E-state index contributed by atoms with van der Waals surface area (Å²) in [4.78, 5) is 15.0. The van der Waals surface area contributed by atoms with E-state index < -0.39 is 16.1 Å². The Labute approximate surface area is 159 Å². The summed E-state index contributed by atoms with van der Waals surface area (Å²) in [5.41, 5.74) is 3.50. The van der Waals surface area contributed by atoms with Crippen molar-refractivity contribution in [1.29, 1.82) is 0 Å². The van der Waals surface area contributed by atoms with Crippen LogP contribution in [0.1, 0.15) is 29.5 Å². The number of anilines is 1. The molecule has 2 aromatic rings. The first-order chi connectivity index (χ1) is 12.9. The van der Waals surface area contributed by atoms with E-state index in [4.69, 9.17) is 0 Å². The molecule has 0 spiro atoms. The summed E-state index contributed by atoms with van der Waals surface area (Å²) in [6, 6.07) is 12.1. The maximum atomic E-state index is 13.0. The van der Waals surface area contributed by atoms with Crippen LogP contribution in [0, 0.1) is 13.8 Å². The van der Waals surface area contributed by atoms with Crippen molar-refractivity contribution in [3.8, 4) is 0 Å². The van der Waals surface area contributed by atoms with Crippen molar-refractivity contribution >= 4 is 27.5 Å². The van der Waals surface area contributed by atoms with Crippen LogP contribution in [-0.2, 0) is 14.8 Å². The highest BCUT2D eigenvalue weighted by molar-refractivity contribution is 7.90. The highest BCUT2D eigenvalue weighted by Gasteiger charge is 2.39. The van der Waals surface area contributed by atoms with E-state index in [-0.39, 0.29) is 10.8 Å². The molecule has 6 nitrogen and oxygen atoms in total. The number of nitrogens with zero attached hydrogens (tertiary/aromatic N) is 2. The van der Waals surface area contributed by atoms with Crippen molar-refractivity contribution in [2.45, 2.75) is 37.6 Å². The number of carbonyl (C=O) groups is 1. The van der Waals surface area contributed by atoms with Crippen LogP contribution < -0.4 is 5.32 Å². The van der Waals surface area contributed by atoms with Gasteiger partial charge in [0.15, 0.2) is 5.84 Å². The molecule has 2 aromatic carbocycles. The van der Waals surface area contributed by atoms with Crippen LogP contribution in [0.3, 0.4) is 0 Å². The largest absolute Gasteiger partial charge is 0.343 e. The lowest BCUT2D eigenvalue weighted by Gasteiger charge is -2.26. The summed E-state index contributed by atoms with van der Waals surface area (Å²) >= 11 is 0. The molecule has 0 aliphatic carbocycles. The molecular formula is C20H21N3O3S. The van der Waals surface area contributed by atoms with Crippen LogP contribution in [0.25, 0.3) is 0 Å². The third kappa shape index (κ3) is 3.02. The zero-order chi connectivity index (χ0) is 19.2. The first-order valence-corrected chi connectivity index (χ1v) is 10.4. The number of amides is 1. The fraction of sp³-hybridized carbons (Fsp3) is 0.300. The molecule has 2 aliphatic rings. The molecule has 140 valence electrons. The molecule has 1 N–H and O–H groups in total. The molecule has 27 heavy (non-hydrogen) atoms. The van der Waals surface area contributed by atoms with Gasteiger partial charge in [-0.05, 0) is 56.0 Å². The number of hydrogen-bond donors (Lipinski definition) is 1. The maximum Gasteiger partial charge on any atom is 0.285 e. The van der Waals surface area contributed by atoms with Gasteiger partial charge in [0.2, 0.25) is 5.91 Å². The lowest BCUT2D eigenvalue weighted by Crippen LogP contribution is -2.43. The van der Waals surface area contributed by atoms with E-state index in [2.05, 4.69) is 9.71 Å². The monoisotopic (exact) mass is 383 g/mol. The van der Waals surface area contributed by atoms with Gasteiger partial charge in [0, 0.05) is 17.8 Å². The molecule has 0 radical (unpaired) electrons. The molecule has 2 heterocycles. The van der Waals surface area contributed by atoms with E-state index in [1.807, 2.05) is 36.9 Å². The zero-order valence-electron chi connectivity index (χ0n) is 15.3. The van der Waals surface area contributed by atoms with Gasteiger partial charge in [-0.1, -0.05) is 24.3 Å². The standard InChI is InChI=1S/C20H21N3O3S/c1-13-7-5-9-16(14(13)2)21-20(24)17-10-6-12-23(17)19-15-8-3-4-11-18(15)27(25,26)22-19/h3-5,7-9,11,17H,6,10,12H2,1-2H3,(H,21,24)/t17-/m0/s1. The Hall–Kier alpha value is -2.67. The first-order valence-electron chi connectivity index (χ1n) is 8.96. The summed E-state index contributed by atoms with van der Waals surface area (Å²) in [5, 5.41) is 3.01. The van der Waals surface area contributed by atoms with Crippen LogP contribution in [0.4, 0.5) is 5.69 Å². The van der Waals surface area contributed by atoms with E-state index >= 15 is 0 Å². The molecule has 0 aromatic heterocycles. The Kier molecular flexibility index (Phi) is 4.26. The van der Waals surface area contributed by atoms with Crippen molar-refractivity contribution in [2.24, 2.45) is 4.40 Å². The zero-order valence-corrected chi connectivity index (χ0v) is 16.1. The smallest absolute Gasteiger partial charge is 0.285 e. The van der Waals surface area contributed by atoms with Crippen molar-refractivity contribution in [2.75, 3.05) is 11.9 Å². The minimum absolute atomic E-state index is 0.134. The van der Waals surface area contributed by atoms with E-state index in [1.54, 1.807) is 24.3 Å². The number of hydrogen-bond acceptors (Lipinski definition) is 4. The average Bonchev–Trinajstić information content (AvgIpc) is 3.22. The molecule has 1 saturated heterocycles. The number of aryl methyl sites for hydroxylation is 1. The predicted molar refractivity (Wildman–Crippen MR) is 104 cm³/mol. The van der Waals surface area contributed by atoms with Crippen LogP contribution >= 0.6 is 0 Å². The summed E-state index contributed by atoms with van der Waals surface area (Å²) in [6.45, 7) is 4.58. The SMILES string of the molecule is Cc1cccc(NC(=O)[C@@H]2CCCN2C2=NS(=O)(=O)c3ccccc32)c1C. The van der Waals surface area contributed by atoms with Gasteiger partial charge in [-0.25, -0.2) is 0 Å². The van der Waals surface area contributed by atoms with E-state index in [1.165, 1.54) is 0 Å². The van der Waals surface area contributed by atoms with Crippen molar-refractivity contribution < 1.29 is 13.2 Å². The highest BCUT2D eigenvalue weighted by atomic mass is 32.2. The maximum absolute atomic E-state index is 13.0. The Bertz CT molecular complexity index is 1060. The van der Waals surface area contributed by atoms with Crippen LogP contribution in [-0.4, -0.2) is 37.6 Å². The number of carbonyl (C=O) groups excluding carboxylic acids is 1. The Morgan fingerprint density at radius 2 is 1.93 bits per heavy atom. The second kappa shape index (κ2) is 6.49. The minimum Gasteiger partial charge on any atom is -0.343 e. The van der Waals surface area contributed by atoms with E-state index in [0.717, 1.165) is 23.2 Å². The number of nitrogens with one attached hydrogen (secondary N) is 1. The number of fused-ring (bicyclic) bond motifs is 1. The Morgan fingerprint density at radius 3 is 2.74 bits per heavy atom. The average molecular weight is 383 g/mol. The highest BCUT2D eigenvalue weighted by Crippen LogP contribution is 2.31. The Morgan fingerprint density at radius 1 is 1.15 bits per heavy atom. The quantitative estimate of drug-likeness (QED) is 0.865. The fourth-order valence-electron chi connectivity index (χ4n) is 3.69. The molecule has 1 atom stereocenters. The lowest BCUT2D eigenvalue weighted by atomic mass is 10.1. The van der Waals surface area contributed by atoms with Gasteiger partial charge >= 0.3 is 0 Å². The number of benzene rings is 2. The topological polar surface area (TPSA) is 78.8 Å². The van der Waals surface area contributed by atoms with Gasteiger partial charge in [-0.2, -0.15) is 8.42 Å². The molecule has 7 heteroatoms. The fourth-order valence-corrected chi connectivity index (χ4v) is 4.91. The van der Waals surface area contributed by atoms with Crippen LogP contribution in [0.5, 0.6) is 0 Å². The van der Waals surface area contributed by atoms with Crippen molar-refractivity contribution in [3.63, 3.8) is 0 Å². The predicted octanol–water partition coefficient (Wildman–Crippen LogP) is 2.86.